The maximum Gasteiger partial charge on any atom is 0.257 e. The molecular weight excluding hydrogens is 316 g/mol. The van der Waals surface area contributed by atoms with Crippen LogP contribution in [0.15, 0.2) is 24.4 Å². The van der Waals surface area contributed by atoms with Gasteiger partial charge < -0.3 is 10.0 Å². The van der Waals surface area contributed by atoms with Crippen molar-refractivity contribution in [1.29, 1.82) is 0 Å². The standard InChI is InChI=1S/C17H17F2N3O2/c1-9-14(7-20-10(2)21-9)17(24)22-8-12(23)6-16(22)13-5-11(18)3-4-15(13)19/h3-5,7,12,16,23H,6,8H2,1-2H3. The Morgan fingerprint density at radius 1 is 1.33 bits per heavy atom. The first kappa shape index (κ1) is 16.4. The van der Waals surface area contributed by atoms with Crippen LogP contribution in [0.4, 0.5) is 8.78 Å². The predicted octanol–water partition coefficient (Wildman–Crippen LogP) is 2.32. The Hall–Kier alpha value is -2.41. The monoisotopic (exact) mass is 333 g/mol. The molecule has 0 aliphatic carbocycles. The van der Waals surface area contributed by atoms with E-state index in [4.69, 9.17) is 0 Å². The average Bonchev–Trinajstić information content (AvgIpc) is 2.91. The van der Waals surface area contributed by atoms with Crippen LogP contribution >= 0.6 is 0 Å². The molecule has 2 unspecified atom stereocenters. The number of amides is 1. The SMILES string of the molecule is Cc1ncc(C(=O)N2CC(O)CC2c2cc(F)ccc2F)c(C)n1. The normalized spacial score (nSPS) is 20.5. The van der Waals surface area contributed by atoms with Crippen LogP contribution in [0.5, 0.6) is 0 Å². The zero-order valence-electron chi connectivity index (χ0n) is 13.3. The molecule has 2 aromatic rings. The first-order valence-electron chi connectivity index (χ1n) is 7.61. The van der Waals surface area contributed by atoms with Crippen molar-refractivity contribution in [2.24, 2.45) is 0 Å². The molecule has 0 bridgehead atoms. The van der Waals surface area contributed by atoms with E-state index in [1.54, 1.807) is 13.8 Å². The van der Waals surface area contributed by atoms with Crippen LogP contribution in [0.2, 0.25) is 0 Å². The van der Waals surface area contributed by atoms with Crippen molar-refractivity contribution in [3.05, 3.63) is 58.7 Å². The van der Waals surface area contributed by atoms with Gasteiger partial charge in [-0.2, -0.15) is 0 Å². The van der Waals surface area contributed by atoms with Gasteiger partial charge >= 0.3 is 0 Å². The van der Waals surface area contributed by atoms with E-state index in [1.165, 1.54) is 11.1 Å². The number of benzene rings is 1. The third kappa shape index (κ3) is 2.99. The average molecular weight is 333 g/mol. The molecule has 24 heavy (non-hydrogen) atoms. The van der Waals surface area contributed by atoms with Crippen LogP contribution in [0, 0.1) is 25.5 Å². The number of hydrogen-bond acceptors (Lipinski definition) is 4. The Morgan fingerprint density at radius 2 is 2.08 bits per heavy atom. The first-order chi connectivity index (χ1) is 11.4. The summed E-state index contributed by atoms with van der Waals surface area (Å²) in [4.78, 5) is 22.4. The first-order valence-corrected chi connectivity index (χ1v) is 7.61. The summed E-state index contributed by atoms with van der Waals surface area (Å²) in [6.07, 6.45) is 0.773. The van der Waals surface area contributed by atoms with E-state index in [-0.39, 0.29) is 24.1 Å². The Morgan fingerprint density at radius 3 is 2.79 bits per heavy atom. The maximum atomic E-state index is 14.1. The smallest absolute Gasteiger partial charge is 0.257 e. The lowest BCUT2D eigenvalue weighted by molar-refractivity contribution is 0.0712. The molecule has 0 saturated carbocycles. The van der Waals surface area contributed by atoms with Crippen molar-refractivity contribution in [3.63, 3.8) is 0 Å². The molecule has 1 N–H and O–H groups in total. The van der Waals surface area contributed by atoms with Crippen molar-refractivity contribution in [1.82, 2.24) is 14.9 Å². The minimum Gasteiger partial charge on any atom is -0.391 e. The molecule has 1 fully saturated rings. The van der Waals surface area contributed by atoms with Gasteiger partial charge in [-0.3, -0.25) is 4.79 Å². The summed E-state index contributed by atoms with van der Waals surface area (Å²) in [6, 6.07) is 2.38. The number of aryl methyl sites for hydroxylation is 2. The van der Waals surface area contributed by atoms with Crippen molar-refractivity contribution < 1.29 is 18.7 Å². The number of rotatable bonds is 2. The Balaban J connectivity index is 1.98. The number of likely N-dealkylation sites (tertiary alicyclic amines) is 1. The molecule has 1 amide bonds. The van der Waals surface area contributed by atoms with Crippen LogP contribution in [-0.2, 0) is 0 Å². The van der Waals surface area contributed by atoms with Crippen LogP contribution in [0.1, 0.15) is 39.9 Å². The molecule has 1 aliphatic rings. The second kappa shape index (κ2) is 6.24. The van der Waals surface area contributed by atoms with Crippen LogP contribution in [0.3, 0.4) is 0 Å². The third-order valence-electron chi connectivity index (χ3n) is 4.19. The van der Waals surface area contributed by atoms with E-state index in [9.17, 15) is 18.7 Å². The zero-order chi connectivity index (χ0) is 17.4. The third-order valence-corrected chi connectivity index (χ3v) is 4.19. The van der Waals surface area contributed by atoms with Crippen molar-refractivity contribution >= 4 is 5.91 Å². The molecular formula is C17H17F2N3O2. The summed E-state index contributed by atoms with van der Waals surface area (Å²) in [5, 5.41) is 9.96. The van der Waals surface area contributed by atoms with E-state index in [0.29, 0.717) is 11.5 Å². The van der Waals surface area contributed by atoms with Gasteiger partial charge in [-0.15, -0.1) is 0 Å². The van der Waals surface area contributed by atoms with E-state index >= 15 is 0 Å². The van der Waals surface area contributed by atoms with Crippen molar-refractivity contribution in [2.75, 3.05) is 6.54 Å². The van der Waals surface area contributed by atoms with Gasteiger partial charge in [0.05, 0.1) is 23.4 Å². The highest BCUT2D eigenvalue weighted by molar-refractivity contribution is 5.95. The summed E-state index contributed by atoms with van der Waals surface area (Å²) in [7, 11) is 0. The second-order valence-corrected chi connectivity index (χ2v) is 5.94. The number of aliphatic hydroxyl groups excluding tert-OH is 1. The number of carbonyl (C=O) groups excluding carboxylic acids is 1. The topological polar surface area (TPSA) is 66.3 Å². The van der Waals surface area contributed by atoms with E-state index in [0.717, 1.165) is 18.2 Å². The van der Waals surface area contributed by atoms with Crippen LogP contribution in [0.25, 0.3) is 0 Å². The van der Waals surface area contributed by atoms with E-state index in [2.05, 4.69) is 9.97 Å². The number of halogens is 2. The summed E-state index contributed by atoms with van der Waals surface area (Å²) < 4.78 is 27.6. The lowest BCUT2D eigenvalue weighted by Gasteiger charge is -2.25. The molecule has 1 aliphatic heterocycles. The largest absolute Gasteiger partial charge is 0.391 e. The van der Waals surface area contributed by atoms with Crippen molar-refractivity contribution in [3.8, 4) is 0 Å². The number of aromatic nitrogens is 2. The molecule has 1 aromatic heterocycles. The quantitative estimate of drug-likeness (QED) is 0.916. The number of hydrogen-bond donors (Lipinski definition) is 1. The van der Waals surface area contributed by atoms with Crippen molar-refractivity contribution in [2.45, 2.75) is 32.4 Å². The summed E-state index contributed by atoms with van der Waals surface area (Å²) in [5.41, 5.74) is 0.856. The number of carbonyl (C=O) groups is 1. The Bertz CT molecular complexity index is 797. The predicted molar refractivity (Wildman–Crippen MR) is 82.3 cm³/mol. The van der Waals surface area contributed by atoms with E-state index < -0.39 is 29.7 Å². The molecule has 3 rings (SSSR count). The van der Waals surface area contributed by atoms with Gasteiger partial charge in [0.1, 0.15) is 17.5 Å². The molecule has 5 nitrogen and oxygen atoms in total. The van der Waals surface area contributed by atoms with Gasteiger partial charge in [0.2, 0.25) is 0 Å². The highest BCUT2D eigenvalue weighted by Gasteiger charge is 2.37. The van der Waals surface area contributed by atoms with Gasteiger partial charge in [0, 0.05) is 18.3 Å². The summed E-state index contributed by atoms with van der Waals surface area (Å²) >= 11 is 0. The summed E-state index contributed by atoms with van der Waals surface area (Å²) in [5.74, 6) is -1.06. The molecule has 2 atom stereocenters. The van der Waals surface area contributed by atoms with Gasteiger partial charge in [-0.1, -0.05) is 0 Å². The maximum absolute atomic E-state index is 14.1. The van der Waals surface area contributed by atoms with Crippen LogP contribution in [-0.4, -0.2) is 38.5 Å². The molecule has 0 spiro atoms. The van der Waals surface area contributed by atoms with Gasteiger partial charge in [-0.25, -0.2) is 18.7 Å². The zero-order valence-corrected chi connectivity index (χ0v) is 13.3. The fourth-order valence-electron chi connectivity index (χ4n) is 3.05. The molecule has 7 heteroatoms. The second-order valence-electron chi connectivity index (χ2n) is 5.94. The van der Waals surface area contributed by atoms with E-state index in [1.807, 2.05) is 0 Å². The Labute approximate surface area is 138 Å². The molecule has 126 valence electrons. The van der Waals surface area contributed by atoms with Gasteiger partial charge in [0.25, 0.3) is 5.91 Å². The lowest BCUT2D eigenvalue weighted by Crippen LogP contribution is -2.33. The summed E-state index contributed by atoms with van der Waals surface area (Å²) in [6.45, 7) is 3.45. The minimum atomic E-state index is -0.798. The molecule has 1 saturated heterocycles. The molecule has 0 radical (unpaired) electrons. The number of aliphatic hydroxyl groups is 1. The van der Waals surface area contributed by atoms with Gasteiger partial charge in [0.15, 0.2) is 0 Å². The highest BCUT2D eigenvalue weighted by Crippen LogP contribution is 2.35. The van der Waals surface area contributed by atoms with Gasteiger partial charge in [-0.05, 0) is 38.5 Å². The fraction of sp³-hybridized carbons (Fsp3) is 0.353. The number of nitrogens with zero attached hydrogens (tertiary/aromatic N) is 3. The molecule has 1 aromatic carbocycles. The van der Waals surface area contributed by atoms with Crippen LogP contribution < -0.4 is 0 Å². The lowest BCUT2D eigenvalue weighted by atomic mass is 10.0. The Kier molecular flexibility index (Phi) is 4.28. The number of β-amino-alcohol motifs (C(OH)–C–C–N with tert-alkyl or cyclic N) is 1. The fourth-order valence-corrected chi connectivity index (χ4v) is 3.05. The highest BCUT2D eigenvalue weighted by atomic mass is 19.1. The minimum absolute atomic E-state index is 0.0484. The molecule has 2 heterocycles.